The summed E-state index contributed by atoms with van der Waals surface area (Å²) >= 11 is 0. The summed E-state index contributed by atoms with van der Waals surface area (Å²) in [5.74, 6) is 0.979. The normalized spacial score (nSPS) is 15.8. The molecule has 0 spiro atoms. The van der Waals surface area contributed by atoms with Crippen LogP contribution in [0.1, 0.15) is 56.3 Å². The van der Waals surface area contributed by atoms with E-state index in [2.05, 4.69) is 24.0 Å². The Kier molecular flexibility index (Phi) is 5.25. The Balaban J connectivity index is 1.74. The molecule has 0 saturated heterocycles. The van der Waals surface area contributed by atoms with E-state index in [1.165, 1.54) is 5.56 Å². The van der Waals surface area contributed by atoms with Crippen LogP contribution >= 0.6 is 0 Å². The second kappa shape index (κ2) is 7.44. The molecule has 1 unspecified atom stereocenters. The Bertz CT molecular complexity index is 769. The van der Waals surface area contributed by atoms with Gasteiger partial charge in [-0.1, -0.05) is 37.3 Å². The Hall–Kier alpha value is -2.43. The number of carbonyl (C=O) groups is 1. The fraction of sp³-hybridized carbons (Fsp3) is 0.476. The smallest absolute Gasteiger partial charge is 0.410 e. The van der Waals surface area contributed by atoms with E-state index >= 15 is 0 Å². The van der Waals surface area contributed by atoms with Crippen LogP contribution in [0.25, 0.3) is 0 Å². The first-order valence-corrected chi connectivity index (χ1v) is 9.21. The molecule has 5 heteroatoms. The lowest BCUT2D eigenvalue weighted by atomic mass is 10.00. The largest absolute Gasteiger partial charge is 0.444 e. The Morgan fingerprint density at radius 2 is 1.85 bits per heavy atom. The molecular weight excluding hydrogens is 326 g/mol. The van der Waals surface area contributed by atoms with Gasteiger partial charge in [0, 0.05) is 37.3 Å². The van der Waals surface area contributed by atoms with Gasteiger partial charge in [0.25, 0.3) is 0 Å². The van der Waals surface area contributed by atoms with E-state index in [0.717, 1.165) is 29.9 Å². The summed E-state index contributed by atoms with van der Waals surface area (Å²) in [6, 6.07) is 10.3. The third-order valence-electron chi connectivity index (χ3n) is 4.58. The maximum Gasteiger partial charge on any atom is 0.410 e. The number of carbonyl (C=O) groups excluding carboxylic acids is 1. The maximum atomic E-state index is 12.3. The molecule has 2 aromatic rings. The summed E-state index contributed by atoms with van der Waals surface area (Å²) in [6.45, 7) is 9.05. The number of fused-ring (bicyclic) bond motifs is 1. The number of hydrogen-bond donors (Lipinski definition) is 0. The van der Waals surface area contributed by atoms with Crippen LogP contribution in [0.2, 0.25) is 0 Å². The van der Waals surface area contributed by atoms with E-state index in [4.69, 9.17) is 9.72 Å². The Morgan fingerprint density at radius 1 is 1.15 bits per heavy atom. The Labute approximate surface area is 155 Å². The van der Waals surface area contributed by atoms with E-state index in [1.807, 2.05) is 45.2 Å². The van der Waals surface area contributed by atoms with Crippen LogP contribution in [0.3, 0.4) is 0 Å². The van der Waals surface area contributed by atoms with E-state index in [-0.39, 0.29) is 12.0 Å². The number of hydrogen-bond acceptors (Lipinski definition) is 4. The first-order chi connectivity index (χ1) is 12.3. The molecule has 1 aromatic heterocycles. The minimum atomic E-state index is -0.478. The monoisotopic (exact) mass is 353 g/mol. The zero-order chi connectivity index (χ0) is 18.7. The molecule has 3 rings (SSSR count). The van der Waals surface area contributed by atoms with Gasteiger partial charge in [-0.3, -0.25) is 0 Å². The van der Waals surface area contributed by atoms with Crippen LogP contribution in [-0.2, 0) is 17.6 Å². The molecule has 1 aromatic carbocycles. The maximum absolute atomic E-state index is 12.3. The van der Waals surface area contributed by atoms with Gasteiger partial charge in [-0.2, -0.15) is 0 Å². The number of amides is 1. The third kappa shape index (κ3) is 4.40. The predicted molar refractivity (Wildman–Crippen MR) is 101 cm³/mol. The number of ether oxygens (including phenoxy) is 1. The molecule has 0 radical (unpaired) electrons. The van der Waals surface area contributed by atoms with Crippen LogP contribution in [0.5, 0.6) is 0 Å². The van der Waals surface area contributed by atoms with Gasteiger partial charge < -0.3 is 9.64 Å². The fourth-order valence-electron chi connectivity index (χ4n) is 3.10. The molecule has 1 amide bonds. The summed E-state index contributed by atoms with van der Waals surface area (Å²) in [7, 11) is 0. The molecule has 26 heavy (non-hydrogen) atoms. The quantitative estimate of drug-likeness (QED) is 0.820. The highest BCUT2D eigenvalue weighted by Gasteiger charge is 2.25. The third-order valence-corrected chi connectivity index (χ3v) is 4.58. The second-order valence-corrected chi connectivity index (χ2v) is 7.80. The van der Waals surface area contributed by atoms with Gasteiger partial charge in [-0.25, -0.2) is 14.8 Å². The van der Waals surface area contributed by atoms with Crippen molar-refractivity contribution in [1.29, 1.82) is 0 Å². The van der Waals surface area contributed by atoms with Gasteiger partial charge in [0.15, 0.2) is 0 Å². The molecule has 0 fully saturated rings. The van der Waals surface area contributed by atoms with Gasteiger partial charge in [-0.15, -0.1) is 0 Å². The van der Waals surface area contributed by atoms with E-state index in [1.54, 1.807) is 4.90 Å². The first kappa shape index (κ1) is 18.4. The topological polar surface area (TPSA) is 55.3 Å². The van der Waals surface area contributed by atoms with Crippen molar-refractivity contribution in [3.8, 4) is 0 Å². The molecule has 0 N–H and O–H groups in total. The van der Waals surface area contributed by atoms with Crippen molar-refractivity contribution in [2.24, 2.45) is 0 Å². The SMILES string of the molecule is CC(c1ccccc1)c1ncc2c(n1)CCN(C(=O)OC(C)(C)C)CC2. The van der Waals surface area contributed by atoms with Crippen LogP contribution in [-0.4, -0.2) is 39.7 Å². The van der Waals surface area contributed by atoms with Crippen molar-refractivity contribution in [1.82, 2.24) is 14.9 Å². The molecule has 1 aliphatic heterocycles. The average Bonchev–Trinajstić information content (AvgIpc) is 2.82. The molecular formula is C21H27N3O2. The Morgan fingerprint density at radius 3 is 2.54 bits per heavy atom. The van der Waals surface area contributed by atoms with Crippen molar-refractivity contribution >= 4 is 6.09 Å². The highest BCUT2D eigenvalue weighted by molar-refractivity contribution is 5.68. The average molecular weight is 353 g/mol. The molecule has 0 saturated carbocycles. The molecule has 138 valence electrons. The minimum absolute atomic E-state index is 0.145. The summed E-state index contributed by atoms with van der Waals surface area (Å²) in [6.07, 6.45) is 3.16. The summed E-state index contributed by atoms with van der Waals surface area (Å²) in [4.78, 5) is 23.5. The highest BCUT2D eigenvalue weighted by atomic mass is 16.6. The van der Waals surface area contributed by atoms with Crippen LogP contribution in [0, 0.1) is 0 Å². The fourth-order valence-corrected chi connectivity index (χ4v) is 3.10. The van der Waals surface area contributed by atoms with Crippen LogP contribution < -0.4 is 0 Å². The van der Waals surface area contributed by atoms with E-state index < -0.39 is 5.60 Å². The van der Waals surface area contributed by atoms with Crippen molar-refractivity contribution < 1.29 is 9.53 Å². The van der Waals surface area contributed by atoms with Gasteiger partial charge in [0.2, 0.25) is 0 Å². The lowest BCUT2D eigenvalue weighted by Crippen LogP contribution is -2.38. The summed E-state index contributed by atoms with van der Waals surface area (Å²) in [5.41, 5.74) is 2.90. The van der Waals surface area contributed by atoms with Crippen LogP contribution in [0.4, 0.5) is 4.79 Å². The zero-order valence-corrected chi connectivity index (χ0v) is 16.0. The van der Waals surface area contributed by atoms with Gasteiger partial charge in [0.1, 0.15) is 11.4 Å². The molecule has 0 bridgehead atoms. The van der Waals surface area contributed by atoms with Crippen molar-refractivity contribution in [3.05, 3.63) is 59.2 Å². The predicted octanol–water partition coefficient (Wildman–Crippen LogP) is 3.96. The van der Waals surface area contributed by atoms with Gasteiger partial charge in [-0.05, 0) is 38.3 Å². The molecule has 0 aliphatic carbocycles. The van der Waals surface area contributed by atoms with Crippen LogP contribution in [0.15, 0.2) is 36.5 Å². The lowest BCUT2D eigenvalue weighted by Gasteiger charge is -2.26. The van der Waals surface area contributed by atoms with E-state index in [9.17, 15) is 4.79 Å². The molecule has 1 atom stereocenters. The van der Waals surface area contributed by atoms with Crippen molar-refractivity contribution in [2.75, 3.05) is 13.1 Å². The van der Waals surface area contributed by atoms with Gasteiger partial charge in [0.05, 0.1) is 0 Å². The molecule has 2 heterocycles. The lowest BCUT2D eigenvalue weighted by molar-refractivity contribution is 0.0258. The van der Waals surface area contributed by atoms with Gasteiger partial charge >= 0.3 is 6.09 Å². The number of rotatable bonds is 2. The summed E-state index contributed by atoms with van der Waals surface area (Å²) < 4.78 is 5.50. The number of nitrogens with zero attached hydrogens (tertiary/aromatic N) is 3. The summed E-state index contributed by atoms with van der Waals surface area (Å²) in [5, 5.41) is 0. The zero-order valence-electron chi connectivity index (χ0n) is 16.0. The first-order valence-electron chi connectivity index (χ1n) is 9.21. The number of aromatic nitrogens is 2. The van der Waals surface area contributed by atoms with Crippen molar-refractivity contribution in [2.45, 2.75) is 52.1 Å². The highest BCUT2D eigenvalue weighted by Crippen LogP contribution is 2.23. The van der Waals surface area contributed by atoms with Crippen molar-refractivity contribution in [3.63, 3.8) is 0 Å². The minimum Gasteiger partial charge on any atom is -0.444 e. The second-order valence-electron chi connectivity index (χ2n) is 7.80. The molecule has 5 nitrogen and oxygen atoms in total. The number of benzene rings is 1. The molecule has 1 aliphatic rings. The standard InChI is InChI=1S/C21H27N3O2/c1-15(16-8-6-5-7-9-16)19-22-14-17-10-12-24(13-11-18(17)23-19)20(25)26-21(2,3)4/h5-9,14-15H,10-13H2,1-4H3. The van der Waals surface area contributed by atoms with E-state index in [0.29, 0.717) is 13.1 Å².